The van der Waals surface area contributed by atoms with Crippen LogP contribution in [0.3, 0.4) is 0 Å². The fourth-order valence-electron chi connectivity index (χ4n) is 3.82. The summed E-state index contributed by atoms with van der Waals surface area (Å²) in [6.45, 7) is 2.45. The van der Waals surface area contributed by atoms with Crippen LogP contribution >= 0.6 is 0 Å². The average Bonchev–Trinajstić information content (AvgIpc) is 3.35. The standard InChI is InChI=1S/C18H23N5O3/c1-11-10-14(22-26-11)20-18(25)16-21-15(13-8-4-5-9-23(13)16)17(24)19-12-6-2-3-7-12/h10,12H,2-9H2,1H3,(H,19,24)(H,20,22,25). The lowest BCUT2D eigenvalue weighted by Crippen LogP contribution is -2.33. The van der Waals surface area contributed by atoms with Crippen LogP contribution in [0.4, 0.5) is 5.82 Å². The number of imidazole rings is 1. The van der Waals surface area contributed by atoms with Gasteiger partial charge in [-0.05, 0) is 39.0 Å². The second kappa shape index (κ2) is 6.93. The molecule has 0 unspecified atom stereocenters. The fraction of sp³-hybridized carbons (Fsp3) is 0.556. The maximum Gasteiger partial charge on any atom is 0.292 e. The number of aromatic nitrogens is 3. The highest BCUT2D eigenvalue weighted by Gasteiger charge is 2.29. The zero-order chi connectivity index (χ0) is 18.1. The number of hydrogen-bond donors (Lipinski definition) is 2. The molecule has 2 aliphatic rings. The van der Waals surface area contributed by atoms with E-state index in [1.165, 1.54) is 0 Å². The Kier molecular flexibility index (Phi) is 4.48. The highest BCUT2D eigenvalue weighted by molar-refractivity contribution is 6.03. The van der Waals surface area contributed by atoms with Gasteiger partial charge < -0.3 is 19.7 Å². The molecule has 138 valence electrons. The number of carbonyl (C=O) groups is 2. The van der Waals surface area contributed by atoms with Crippen molar-refractivity contribution in [1.29, 1.82) is 0 Å². The van der Waals surface area contributed by atoms with Crippen LogP contribution in [0.15, 0.2) is 10.6 Å². The second-order valence-corrected chi connectivity index (χ2v) is 7.07. The van der Waals surface area contributed by atoms with E-state index in [0.29, 0.717) is 23.8 Å². The first-order valence-electron chi connectivity index (χ1n) is 9.27. The maximum atomic E-state index is 12.7. The van der Waals surface area contributed by atoms with Crippen molar-refractivity contribution >= 4 is 17.6 Å². The predicted molar refractivity (Wildman–Crippen MR) is 94.1 cm³/mol. The van der Waals surface area contributed by atoms with Gasteiger partial charge in [0.15, 0.2) is 11.6 Å². The van der Waals surface area contributed by atoms with Gasteiger partial charge in [0.25, 0.3) is 11.8 Å². The molecule has 1 aliphatic carbocycles. The minimum absolute atomic E-state index is 0.168. The summed E-state index contributed by atoms with van der Waals surface area (Å²) < 4.78 is 6.85. The largest absolute Gasteiger partial charge is 0.360 e. The molecule has 0 aromatic carbocycles. The normalized spacial score (nSPS) is 17.1. The van der Waals surface area contributed by atoms with Gasteiger partial charge in [-0.25, -0.2) is 4.98 Å². The molecule has 8 heteroatoms. The zero-order valence-corrected chi connectivity index (χ0v) is 14.9. The van der Waals surface area contributed by atoms with Gasteiger partial charge in [0.2, 0.25) is 0 Å². The number of nitrogens with one attached hydrogen (secondary N) is 2. The van der Waals surface area contributed by atoms with E-state index < -0.39 is 0 Å². The first kappa shape index (κ1) is 16.8. The van der Waals surface area contributed by atoms with Crippen LogP contribution in [0, 0.1) is 6.92 Å². The minimum Gasteiger partial charge on any atom is -0.360 e. The SMILES string of the molecule is Cc1cc(NC(=O)c2nc(C(=O)NC3CCCC3)c3n2CCCC3)no1. The Bertz CT molecular complexity index is 832. The van der Waals surface area contributed by atoms with E-state index in [1.807, 2.05) is 4.57 Å². The third-order valence-electron chi connectivity index (χ3n) is 5.10. The van der Waals surface area contributed by atoms with Crippen molar-refractivity contribution in [3.05, 3.63) is 29.0 Å². The number of anilines is 1. The van der Waals surface area contributed by atoms with Crippen LogP contribution in [-0.4, -0.2) is 32.6 Å². The van der Waals surface area contributed by atoms with E-state index >= 15 is 0 Å². The number of aryl methyl sites for hydroxylation is 1. The first-order valence-corrected chi connectivity index (χ1v) is 9.27. The lowest BCUT2D eigenvalue weighted by atomic mass is 10.1. The van der Waals surface area contributed by atoms with E-state index in [-0.39, 0.29) is 23.7 Å². The third kappa shape index (κ3) is 3.23. The van der Waals surface area contributed by atoms with E-state index in [9.17, 15) is 9.59 Å². The fourth-order valence-corrected chi connectivity index (χ4v) is 3.82. The van der Waals surface area contributed by atoms with Gasteiger partial charge in [0, 0.05) is 18.7 Å². The molecule has 2 N–H and O–H groups in total. The number of amides is 2. The number of nitrogens with zero attached hydrogens (tertiary/aromatic N) is 3. The number of hydrogen-bond acceptors (Lipinski definition) is 5. The summed E-state index contributed by atoms with van der Waals surface area (Å²) in [6.07, 6.45) is 7.06. The Hall–Kier alpha value is -2.64. The van der Waals surface area contributed by atoms with Crippen molar-refractivity contribution in [2.24, 2.45) is 0 Å². The van der Waals surface area contributed by atoms with Crippen molar-refractivity contribution in [1.82, 2.24) is 20.0 Å². The van der Waals surface area contributed by atoms with Gasteiger partial charge in [0.1, 0.15) is 11.5 Å². The Morgan fingerprint density at radius 3 is 2.73 bits per heavy atom. The monoisotopic (exact) mass is 357 g/mol. The molecule has 3 heterocycles. The number of fused-ring (bicyclic) bond motifs is 1. The molecule has 8 nitrogen and oxygen atoms in total. The Balaban J connectivity index is 1.59. The van der Waals surface area contributed by atoms with Gasteiger partial charge in [-0.1, -0.05) is 18.0 Å². The molecule has 2 amide bonds. The molecule has 0 radical (unpaired) electrons. The Labute approximate surface area is 151 Å². The van der Waals surface area contributed by atoms with Crippen LogP contribution in [-0.2, 0) is 13.0 Å². The molecule has 0 spiro atoms. The van der Waals surface area contributed by atoms with Gasteiger partial charge in [-0.15, -0.1) is 0 Å². The smallest absolute Gasteiger partial charge is 0.292 e. The highest BCUT2D eigenvalue weighted by Crippen LogP contribution is 2.23. The molecule has 1 fully saturated rings. The van der Waals surface area contributed by atoms with Crippen LogP contribution < -0.4 is 10.6 Å². The summed E-state index contributed by atoms with van der Waals surface area (Å²) in [5.41, 5.74) is 1.24. The maximum absolute atomic E-state index is 12.7. The lowest BCUT2D eigenvalue weighted by Gasteiger charge is -2.17. The predicted octanol–water partition coefficient (Wildman–Crippen LogP) is 2.44. The van der Waals surface area contributed by atoms with Gasteiger partial charge >= 0.3 is 0 Å². The molecular formula is C18H23N5O3. The first-order chi connectivity index (χ1) is 12.6. The molecule has 2 aromatic rings. The molecule has 0 atom stereocenters. The summed E-state index contributed by atoms with van der Waals surface area (Å²) in [6, 6.07) is 1.87. The van der Waals surface area contributed by atoms with Gasteiger partial charge in [-0.2, -0.15) is 0 Å². The molecular weight excluding hydrogens is 334 g/mol. The topological polar surface area (TPSA) is 102 Å². The van der Waals surface area contributed by atoms with Crippen molar-refractivity contribution in [3.63, 3.8) is 0 Å². The summed E-state index contributed by atoms with van der Waals surface area (Å²) in [5.74, 6) is 0.678. The summed E-state index contributed by atoms with van der Waals surface area (Å²) in [4.78, 5) is 29.8. The van der Waals surface area contributed by atoms with E-state index in [4.69, 9.17) is 4.52 Å². The van der Waals surface area contributed by atoms with Crippen LogP contribution in [0.5, 0.6) is 0 Å². The van der Waals surface area contributed by atoms with Gasteiger partial charge in [-0.3, -0.25) is 9.59 Å². The molecule has 26 heavy (non-hydrogen) atoms. The molecule has 1 aliphatic heterocycles. The lowest BCUT2D eigenvalue weighted by molar-refractivity contribution is 0.0931. The van der Waals surface area contributed by atoms with Crippen molar-refractivity contribution in [3.8, 4) is 0 Å². The second-order valence-electron chi connectivity index (χ2n) is 7.07. The van der Waals surface area contributed by atoms with Crippen LogP contribution in [0.25, 0.3) is 0 Å². The van der Waals surface area contributed by atoms with Gasteiger partial charge in [0.05, 0.1) is 5.69 Å². The zero-order valence-electron chi connectivity index (χ0n) is 14.9. The molecule has 4 rings (SSSR count). The van der Waals surface area contributed by atoms with Crippen LogP contribution in [0.1, 0.15) is 71.1 Å². The van der Waals surface area contributed by atoms with Crippen molar-refractivity contribution < 1.29 is 14.1 Å². The molecule has 0 bridgehead atoms. The molecule has 2 aromatic heterocycles. The Morgan fingerprint density at radius 1 is 1.19 bits per heavy atom. The average molecular weight is 357 g/mol. The Morgan fingerprint density at radius 2 is 2.00 bits per heavy atom. The third-order valence-corrected chi connectivity index (χ3v) is 5.10. The van der Waals surface area contributed by atoms with Crippen LogP contribution in [0.2, 0.25) is 0 Å². The van der Waals surface area contributed by atoms with E-state index in [0.717, 1.165) is 50.6 Å². The van der Waals surface area contributed by atoms with E-state index in [1.54, 1.807) is 13.0 Å². The summed E-state index contributed by atoms with van der Waals surface area (Å²) >= 11 is 0. The summed E-state index contributed by atoms with van der Waals surface area (Å²) in [5, 5.41) is 9.55. The van der Waals surface area contributed by atoms with Crippen molar-refractivity contribution in [2.45, 2.75) is 64.5 Å². The summed E-state index contributed by atoms with van der Waals surface area (Å²) in [7, 11) is 0. The minimum atomic E-state index is -0.374. The highest BCUT2D eigenvalue weighted by atomic mass is 16.5. The quantitative estimate of drug-likeness (QED) is 0.875. The molecule has 1 saturated carbocycles. The number of rotatable bonds is 4. The van der Waals surface area contributed by atoms with Crippen molar-refractivity contribution in [2.75, 3.05) is 5.32 Å². The molecule has 0 saturated heterocycles. The number of carbonyl (C=O) groups excluding carboxylic acids is 2. The van der Waals surface area contributed by atoms with E-state index in [2.05, 4.69) is 20.8 Å².